The molecule has 0 saturated heterocycles. The molecule has 3 amide bonds. The zero-order valence-corrected chi connectivity index (χ0v) is 29.0. The number of hydrogen-bond acceptors (Lipinski definition) is 7. The Kier molecular flexibility index (Phi) is 14.3. The number of carbonyl (C=O) groups is 3. The minimum atomic E-state index is -1.16. The SMILES string of the molecule is CCN1C(=O)C(C)(C)C(=O)N(C)c2cc(OCCCN(CCN(C)C(=O)c3ccc(OC)cc3)Cc3ccncc3)ccc21.Cl.Cl. The lowest BCUT2D eigenvalue weighted by Gasteiger charge is -2.27. The molecule has 2 aromatic carbocycles. The van der Waals surface area contributed by atoms with Crippen molar-refractivity contribution in [1.29, 1.82) is 0 Å². The number of nitrogens with zero attached hydrogens (tertiary/aromatic N) is 5. The number of ether oxygens (including phenoxy) is 2. The van der Waals surface area contributed by atoms with Gasteiger partial charge in [-0.3, -0.25) is 24.3 Å². The van der Waals surface area contributed by atoms with Gasteiger partial charge >= 0.3 is 0 Å². The molecular weight excluding hydrogens is 629 g/mol. The summed E-state index contributed by atoms with van der Waals surface area (Å²) in [4.78, 5) is 50.7. The van der Waals surface area contributed by atoms with E-state index in [-0.39, 0.29) is 42.5 Å². The van der Waals surface area contributed by atoms with Crippen molar-refractivity contribution in [3.8, 4) is 11.5 Å². The van der Waals surface area contributed by atoms with Crippen molar-refractivity contribution in [3.05, 3.63) is 78.1 Å². The standard InChI is InChI=1S/C34H43N5O5.2ClH/c1-7-39-29-14-13-28(23-30(29)37(5)32(41)34(2,3)33(39)42)44-22-8-19-38(24-25-15-17-35-18-16-25)21-20-36(4)31(40)26-9-11-27(43-6)12-10-26;;/h9-18,23H,7-8,19-22,24H2,1-6H3;2*1H. The van der Waals surface area contributed by atoms with Crippen LogP contribution in [-0.2, 0) is 16.1 Å². The lowest BCUT2D eigenvalue weighted by Crippen LogP contribution is -2.47. The molecule has 2 heterocycles. The lowest BCUT2D eigenvalue weighted by molar-refractivity contribution is -0.137. The van der Waals surface area contributed by atoms with Crippen molar-refractivity contribution >= 4 is 53.9 Å². The van der Waals surface area contributed by atoms with Gasteiger partial charge in [-0.1, -0.05) is 0 Å². The fourth-order valence-corrected chi connectivity index (χ4v) is 5.31. The molecule has 0 spiro atoms. The van der Waals surface area contributed by atoms with Crippen molar-refractivity contribution in [2.75, 3.05) is 63.8 Å². The first kappa shape index (κ1) is 38.3. The third kappa shape index (κ3) is 8.90. The monoisotopic (exact) mass is 673 g/mol. The molecule has 0 bridgehead atoms. The van der Waals surface area contributed by atoms with Crippen molar-refractivity contribution < 1.29 is 23.9 Å². The second-order valence-electron chi connectivity index (χ2n) is 11.5. The van der Waals surface area contributed by atoms with Gasteiger partial charge in [-0.15, -0.1) is 24.8 Å². The third-order valence-corrected chi connectivity index (χ3v) is 8.01. The highest BCUT2D eigenvalue weighted by atomic mass is 35.5. The van der Waals surface area contributed by atoms with Gasteiger partial charge in [-0.05, 0) is 81.3 Å². The normalized spacial score (nSPS) is 13.7. The predicted octanol–water partition coefficient (Wildman–Crippen LogP) is 5.33. The number of carbonyl (C=O) groups excluding carboxylic acids is 3. The summed E-state index contributed by atoms with van der Waals surface area (Å²) in [5.41, 5.74) is 1.95. The highest BCUT2D eigenvalue weighted by Crippen LogP contribution is 2.40. The van der Waals surface area contributed by atoms with Crippen molar-refractivity contribution in [2.24, 2.45) is 5.41 Å². The number of aromatic nitrogens is 1. The Bertz CT molecular complexity index is 1460. The van der Waals surface area contributed by atoms with E-state index < -0.39 is 5.41 Å². The topological polar surface area (TPSA) is 95.5 Å². The molecule has 0 aliphatic carbocycles. The molecule has 0 unspecified atom stereocenters. The van der Waals surface area contributed by atoms with E-state index in [1.807, 2.05) is 44.3 Å². The summed E-state index contributed by atoms with van der Waals surface area (Å²) in [5.74, 6) is 0.840. The molecule has 1 aromatic heterocycles. The summed E-state index contributed by atoms with van der Waals surface area (Å²) in [6, 6.07) is 16.6. The van der Waals surface area contributed by atoms with Crippen LogP contribution in [-0.4, -0.2) is 86.5 Å². The van der Waals surface area contributed by atoms with Crippen LogP contribution in [0.2, 0.25) is 0 Å². The van der Waals surface area contributed by atoms with Crippen LogP contribution in [0.15, 0.2) is 67.0 Å². The Morgan fingerprint density at radius 2 is 1.54 bits per heavy atom. The zero-order valence-electron chi connectivity index (χ0n) is 27.4. The van der Waals surface area contributed by atoms with Crippen molar-refractivity contribution in [1.82, 2.24) is 14.8 Å². The fraction of sp³-hybridized carbons (Fsp3) is 0.412. The first-order chi connectivity index (χ1) is 21.1. The summed E-state index contributed by atoms with van der Waals surface area (Å²) >= 11 is 0. The minimum Gasteiger partial charge on any atom is -0.497 e. The molecule has 3 aromatic rings. The van der Waals surface area contributed by atoms with Gasteiger partial charge < -0.3 is 24.2 Å². The first-order valence-electron chi connectivity index (χ1n) is 14.9. The Labute approximate surface area is 284 Å². The Hall–Kier alpha value is -3.86. The van der Waals surface area contributed by atoms with E-state index in [2.05, 4.69) is 9.88 Å². The number of amides is 3. The lowest BCUT2D eigenvalue weighted by atomic mass is 9.90. The molecule has 10 nitrogen and oxygen atoms in total. The van der Waals surface area contributed by atoms with Gasteiger partial charge in [0.2, 0.25) is 11.8 Å². The predicted molar refractivity (Wildman–Crippen MR) is 186 cm³/mol. The molecule has 0 fully saturated rings. The molecule has 0 radical (unpaired) electrons. The fourth-order valence-electron chi connectivity index (χ4n) is 5.31. The second-order valence-corrected chi connectivity index (χ2v) is 11.5. The van der Waals surface area contributed by atoms with Gasteiger partial charge in [0.25, 0.3) is 5.91 Å². The van der Waals surface area contributed by atoms with Gasteiger partial charge in [0.05, 0.1) is 25.1 Å². The summed E-state index contributed by atoms with van der Waals surface area (Å²) in [6.07, 6.45) is 4.31. The first-order valence-corrected chi connectivity index (χ1v) is 14.9. The van der Waals surface area contributed by atoms with E-state index in [0.29, 0.717) is 54.7 Å². The van der Waals surface area contributed by atoms with Gasteiger partial charge in [-0.2, -0.15) is 0 Å². The van der Waals surface area contributed by atoms with Crippen LogP contribution in [0.1, 0.15) is 43.1 Å². The number of rotatable bonds is 13. The van der Waals surface area contributed by atoms with Crippen LogP contribution in [0.3, 0.4) is 0 Å². The second kappa shape index (κ2) is 17.2. The summed E-state index contributed by atoms with van der Waals surface area (Å²) in [7, 11) is 5.12. The average molecular weight is 675 g/mol. The smallest absolute Gasteiger partial charge is 0.253 e. The number of pyridine rings is 1. The van der Waals surface area contributed by atoms with Gasteiger partial charge in [0.1, 0.15) is 16.9 Å². The molecular formula is C34H45Cl2N5O5. The van der Waals surface area contributed by atoms with Crippen LogP contribution in [0.4, 0.5) is 11.4 Å². The number of methoxy groups -OCH3 is 1. The van der Waals surface area contributed by atoms with Crippen LogP contribution >= 0.6 is 24.8 Å². The molecule has 0 atom stereocenters. The maximum absolute atomic E-state index is 13.2. The highest BCUT2D eigenvalue weighted by molar-refractivity contribution is 6.20. The summed E-state index contributed by atoms with van der Waals surface area (Å²) in [6.45, 7) is 8.89. The van der Waals surface area contributed by atoms with E-state index in [1.165, 1.54) is 0 Å². The Morgan fingerprint density at radius 1 is 0.891 bits per heavy atom. The zero-order chi connectivity index (χ0) is 31.9. The van der Waals surface area contributed by atoms with Crippen LogP contribution in [0, 0.1) is 5.41 Å². The van der Waals surface area contributed by atoms with Gasteiger partial charge in [0, 0.05) is 70.8 Å². The van der Waals surface area contributed by atoms with Crippen molar-refractivity contribution in [2.45, 2.75) is 33.7 Å². The maximum Gasteiger partial charge on any atom is 0.253 e. The summed E-state index contributed by atoms with van der Waals surface area (Å²) in [5, 5.41) is 0. The number of hydrogen-bond donors (Lipinski definition) is 0. The van der Waals surface area contributed by atoms with Crippen LogP contribution in [0.25, 0.3) is 0 Å². The average Bonchev–Trinajstić information content (AvgIpc) is 3.09. The molecule has 46 heavy (non-hydrogen) atoms. The molecule has 250 valence electrons. The van der Waals surface area contributed by atoms with Crippen LogP contribution < -0.4 is 19.3 Å². The quantitative estimate of drug-likeness (QED) is 0.179. The van der Waals surface area contributed by atoms with Gasteiger partial charge in [0.15, 0.2) is 0 Å². The summed E-state index contributed by atoms with van der Waals surface area (Å²) < 4.78 is 11.3. The van der Waals surface area contributed by atoms with Crippen molar-refractivity contribution in [3.63, 3.8) is 0 Å². The van der Waals surface area contributed by atoms with E-state index >= 15 is 0 Å². The van der Waals surface area contributed by atoms with Crippen LogP contribution in [0.5, 0.6) is 11.5 Å². The minimum absolute atomic E-state index is 0. The van der Waals surface area contributed by atoms with E-state index in [0.717, 1.165) is 25.1 Å². The highest BCUT2D eigenvalue weighted by Gasteiger charge is 2.45. The largest absolute Gasteiger partial charge is 0.497 e. The number of fused-ring (bicyclic) bond motifs is 1. The Morgan fingerprint density at radius 3 is 2.17 bits per heavy atom. The number of halogens is 2. The molecule has 1 aliphatic rings. The molecule has 4 rings (SSSR count). The molecule has 12 heteroatoms. The molecule has 0 saturated carbocycles. The van der Waals surface area contributed by atoms with Gasteiger partial charge in [-0.25, -0.2) is 0 Å². The molecule has 0 N–H and O–H groups in total. The van der Waals surface area contributed by atoms with E-state index in [4.69, 9.17) is 9.47 Å². The maximum atomic E-state index is 13.2. The third-order valence-electron chi connectivity index (χ3n) is 8.01. The molecule has 1 aliphatic heterocycles. The van der Waals surface area contributed by atoms with E-state index in [9.17, 15) is 14.4 Å². The number of anilines is 2. The Balaban J connectivity index is 0.00000368. The number of benzene rings is 2. The number of likely N-dealkylation sites (N-methyl/N-ethyl adjacent to an activating group) is 1. The van der Waals surface area contributed by atoms with E-state index in [1.54, 1.807) is 79.4 Å².